The van der Waals surface area contributed by atoms with Crippen LogP contribution in [0.4, 0.5) is 5.82 Å². The van der Waals surface area contributed by atoms with Gasteiger partial charge in [-0.2, -0.15) is 0 Å². The minimum absolute atomic E-state index is 0.0168. The van der Waals surface area contributed by atoms with E-state index < -0.39 is 0 Å². The highest BCUT2D eigenvalue weighted by atomic mass is 35.5. The fourth-order valence-corrected chi connectivity index (χ4v) is 5.15. The van der Waals surface area contributed by atoms with E-state index >= 15 is 0 Å². The first-order valence-corrected chi connectivity index (χ1v) is 11.4. The Bertz CT molecular complexity index is 1270. The normalized spacial score (nSPS) is 12.1. The zero-order valence-corrected chi connectivity index (χ0v) is 20.0. The molecule has 4 aromatic rings. The smallest absolute Gasteiger partial charge is 0.162 e. The van der Waals surface area contributed by atoms with Crippen molar-refractivity contribution in [1.29, 1.82) is 0 Å². The van der Waals surface area contributed by atoms with Gasteiger partial charge in [-0.05, 0) is 43.7 Å². The number of rotatable bonds is 7. The fraction of sp³-hybridized carbons (Fsp3) is 0.250. The van der Waals surface area contributed by atoms with Crippen LogP contribution in [0.25, 0.3) is 21.3 Å². The molecule has 2 heterocycles. The predicted molar refractivity (Wildman–Crippen MR) is 132 cm³/mol. The van der Waals surface area contributed by atoms with Crippen LogP contribution in [0.2, 0.25) is 5.02 Å². The molecule has 1 unspecified atom stereocenters. The molecule has 0 amide bonds. The van der Waals surface area contributed by atoms with Gasteiger partial charge in [-0.3, -0.25) is 0 Å². The molecule has 3 N–H and O–H groups in total. The minimum atomic E-state index is 0.0168. The summed E-state index contributed by atoms with van der Waals surface area (Å²) in [7, 11) is 3.23. The number of nitrogens with zero attached hydrogens (tertiary/aromatic N) is 2. The van der Waals surface area contributed by atoms with Crippen molar-refractivity contribution in [3.63, 3.8) is 0 Å². The molecule has 1 atom stereocenters. The monoisotopic (exact) mass is 468 g/mol. The molecule has 0 radical (unpaired) electrons. The van der Waals surface area contributed by atoms with Gasteiger partial charge in [-0.1, -0.05) is 23.7 Å². The number of thiophene rings is 1. The van der Waals surface area contributed by atoms with E-state index in [1.54, 1.807) is 25.6 Å². The molecule has 0 saturated carbocycles. The summed E-state index contributed by atoms with van der Waals surface area (Å²) in [5, 5.41) is 5.12. The number of hydrogen-bond acceptors (Lipinski definition) is 7. The summed E-state index contributed by atoms with van der Waals surface area (Å²) in [6, 6.07) is 13.8. The highest BCUT2D eigenvalue weighted by molar-refractivity contribution is 7.15. The Morgan fingerprint density at radius 3 is 2.56 bits per heavy atom. The first-order chi connectivity index (χ1) is 15.4. The molecule has 0 bridgehead atoms. The second kappa shape index (κ2) is 9.32. The van der Waals surface area contributed by atoms with E-state index in [-0.39, 0.29) is 6.04 Å². The van der Waals surface area contributed by atoms with E-state index in [0.29, 0.717) is 28.9 Å². The standard InChI is InChI=1S/C24H25ClN4O2S/c1-13(21-8-9-22(32-21)23-15(12-26)6-5-7-17(23)25)27-24-16-10-19(30-3)20(31-4)11-18(16)28-14(2)29-24/h5-11,13H,12,26H2,1-4H3,(H,27,28,29). The van der Waals surface area contributed by atoms with E-state index in [1.807, 2.05) is 37.3 Å². The van der Waals surface area contributed by atoms with Crippen LogP contribution in [0.15, 0.2) is 42.5 Å². The van der Waals surface area contributed by atoms with Crippen LogP contribution in [0.3, 0.4) is 0 Å². The lowest BCUT2D eigenvalue weighted by Crippen LogP contribution is -2.08. The van der Waals surface area contributed by atoms with Crippen molar-refractivity contribution in [2.75, 3.05) is 19.5 Å². The second-order valence-electron chi connectivity index (χ2n) is 7.39. The van der Waals surface area contributed by atoms with Gasteiger partial charge in [0.05, 0.1) is 25.8 Å². The number of benzene rings is 2. The van der Waals surface area contributed by atoms with Gasteiger partial charge in [0.1, 0.15) is 11.6 Å². The van der Waals surface area contributed by atoms with E-state index in [1.165, 1.54) is 0 Å². The molecular formula is C24H25ClN4O2S. The average molecular weight is 469 g/mol. The largest absolute Gasteiger partial charge is 0.493 e. The molecule has 6 nitrogen and oxygen atoms in total. The van der Waals surface area contributed by atoms with Gasteiger partial charge >= 0.3 is 0 Å². The molecule has 2 aromatic carbocycles. The zero-order chi connectivity index (χ0) is 22.8. The summed E-state index contributed by atoms with van der Waals surface area (Å²) in [4.78, 5) is 11.5. The fourth-order valence-electron chi connectivity index (χ4n) is 3.69. The number of methoxy groups -OCH3 is 2. The highest BCUT2D eigenvalue weighted by Crippen LogP contribution is 2.39. The third kappa shape index (κ3) is 4.24. The number of nitrogens with two attached hydrogens (primary N) is 1. The summed E-state index contributed by atoms with van der Waals surface area (Å²) in [5.41, 5.74) is 8.76. The Kier molecular flexibility index (Phi) is 6.50. The molecule has 0 aliphatic carbocycles. The van der Waals surface area contributed by atoms with Crippen LogP contribution >= 0.6 is 22.9 Å². The molecule has 0 fully saturated rings. The number of anilines is 1. The van der Waals surface area contributed by atoms with Crippen molar-refractivity contribution in [2.45, 2.75) is 26.4 Å². The van der Waals surface area contributed by atoms with Gasteiger partial charge < -0.3 is 20.5 Å². The van der Waals surface area contributed by atoms with E-state index in [4.69, 9.17) is 26.8 Å². The molecule has 0 aliphatic heterocycles. The van der Waals surface area contributed by atoms with Gasteiger partial charge in [-0.25, -0.2) is 9.97 Å². The number of aromatic nitrogens is 2. The van der Waals surface area contributed by atoms with Gasteiger partial charge in [0, 0.05) is 38.3 Å². The predicted octanol–water partition coefficient (Wildman–Crippen LogP) is 5.97. The molecule has 166 valence electrons. The topological polar surface area (TPSA) is 82.3 Å². The van der Waals surface area contributed by atoms with E-state index in [2.05, 4.69) is 34.3 Å². The maximum Gasteiger partial charge on any atom is 0.162 e. The lowest BCUT2D eigenvalue weighted by Gasteiger charge is -2.17. The number of fused-ring (bicyclic) bond motifs is 1. The van der Waals surface area contributed by atoms with Crippen molar-refractivity contribution in [3.8, 4) is 21.9 Å². The molecule has 0 saturated heterocycles. The quantitative estimate of drug-likeness (QED) is 0.347. The van der Waals surface area contributed by atoms with Crippen molar-refractivity contribution >= 4 is 39.7 Å². The van der Waals surface area contributed by atoms with Gasteiger partial charge in [0.25, 0.3) is 0 Å². The van der Waals surface area contributed by atoms with Crippen molar-refractivity contribution in [2.24, 2.45) is 5.73 Å². The van der Waals surface area contributed by atoms with Crippen molar-refractivity contribution < 1.29 is 9.47 Å². The molecule has 8 heteroatoms. The summed E-state index contributed by atoms with van der Waals surface area (Å²) in [6.45, 7) is 4.42. The Balaban J connectivity index is 1.69. The van der Waals surface area contributed by atoms with Crippen LogP contribution in [0.5, 0.6) is 11.5 Å². The first-order valence-electron chi connectivity index (χ1n) is 10.2. The number of nitrogens with one attached hydrogen (secondary N) is 1. The molecule has 2 aromatic heterocycles. The third-order valence-corrected chi connectivity index (χ3v) is 6.89. The lowest BCUT2D eigenvalue weighted by atomic mass is 10.1. The first kappa shape index (κ1) is 22.3. The summed E-state index contributed by atoms with van der Waals surface area (Å²) < 4.78 is 10.9. The van der Waals surface area contributed by atoms with Gasteiger partial charge in [0.15, 0.2) is 11.5 Å². The molecule has 0 spiro atoms. The van der Waals surface area contributed by atoms with E-state index in [9.17, 15) is 0 Å². The van der Waals surface area contributed by atoms with E-state index in [0.717, 1.165) is 37.6 Å². The van der Waals surface area contributed by atoms with Gasteiger partial charge in [0.2, 0.25) is 0 Å². The second-order valence-corrected chi connectivity index (χ2v) is 8.91. The Morgan fingerprint density at radius 2 is 1.84 bits per heavy atom. The molecule has 32 heavy (non-hydrogen) atoms. The molecular weight excluding hydrogens is 444 g/mol. The number of aryl methyl sites for hydroxylation is 1. The summed E-state index contributed by atoms with van der Waals surface area (Å²) in [5.74, 6) is 2.69. The maximum atomic E-state index is 6.49. The van der Waals surface area contributed by atoms with Crippen LogP contribution in [0.1, 0.15) is 29.2 Å². The SMILES string of the molecule is COc1cc2nc(C)nc(NC(C)c3ccc(-c4c(Cl)cccc4CN)s3)c2cc1OC. The highest BCUT2D eigenvalue weighted by Gasteiger charge is 2.17. The average Bonchev–Trinajstić information content (AvgIpc) is 3.27. The molecule has 0 aliphatic rings. The van der Waals surface area contributed by atoms with Gasteiger partial charge in [-0.15, -0.1) is 11.3 Å². The van der Waals surface area contributed by atoms with Crippen LogP contribution in [-0.4, -0.2) is 24.2 Å². The number of hydrogen-bond donors (Lipinski definition) is 2. The summed E-state index contributed by atoms with van der Waals surface area (Å²) >= 11 is 8.18. The summed E-state index contributed by atoms with van der Waals surface area (Å²) in [6.07, 6.45) is 0. The number of ether oxygens (including phenoxy) is 2. The Hall–Kier alpha value is -2.87. The maximum absolute atomic E-state index is 6.49. The van der Waals surface area contributed by atoms with Crippen LogP contribution in [-0.2, 0) is 6.54 Å². The van der Waals surface area contributed by atoms with Crippen molar-refractivity contribution in [1.82, 2.24) is 9.97 Å². The Labute approximate surface area is 196 Å². The van der Waals surface area contributed by atoms with Crippen LogP contribution in [0, 0.1) is 6.92 Å². The zero-order valence-electron chi connectivity index (χ0n) is 18.4. The van der Waals surface area contributed by atoms with Crippen LogP contribution < -0.4 is 20.5 Å². The minimum Gasteiger partial charge on any atom is -0.493 e. The lowest BCUT2D eigenvalue weighted by molar-refractivity contribution is 0.356. The molecule has 4 rings (SSSR count). The Morgan fingerprint density at radius 1 is 1.09 bits per heavy atom. The third-order valence-electron chi connectivity index (χ3n) is 5.29. The number of halogens is 1. The van der Waals surface area contributed by atoms with Crippen molar-refractivity contribution in [3.05, 3.63) is 63.8 Å².